The van der Waals surface area contributed by atoms with E-state index in [2.05, 4.69) is 20.2 Å². The quantitative estimate of drug-likeness (QED) is 0.562. The van der Waals surface area contributed by atoms with E-state index >= 15 is 0 Å². The number of benzene rings is 2. The molecule has 2 bridgehead atoms. The molecule has 9 heteroatoms. The van der Waals surface area contributed by atoms with E-state index in [1.165, 1.54) is 18.5 Å². The molecule has 5 rings (SSSR count). The summed E-state index contributed by atoms with van der Waals surface area (Å²) in [5.41, 5.74) is 1.32. The molecule has 0 radical (unpaired) electrons. The van der Waals surface area contributed by atoms with Crippen LogP contribution in [0.4, 0.5) is 15.9 Å². The number of ether oxygens (including phenoxy) is 3. The monoisotopic (exact) mass is 458 g/mol. The van der Waals surface area contributed by atoms with Crippen molar-refractivity contribution >= 4 is 34.0 Å². The number of nitrogens with one attached hydrogen (secondary N) is 1. The Labute approximate surface area is 190 Å². The first-order valence-electron chi connectivity index (χ1n) is 10.6. The summed E-state index contributed by atoms with van der Waals surface area (Å²) >= 11 is 5.91. The molecular formula is C23H24ClFN4O3. The van der Waals surface area contributed by atoms with E-state index in [1.807, 2.05) is 12.1 Å². The van der Waals surface area contributed by atoms with Gasteiger partial charge in [0.2, 0.25) is 0 Å². The molecule has 3 heterocycles. The summed E-state index contributed by atoms with van der Waals surface area (Å²) in [7, 11) is 1.61. The van der Waals surface area contributed by atoms with Gasteiger partial charge in [0.05, 0.1) is 29.9 Å². The lowest BCUT2D eigenvalue weighted by atomic mass is 10.2. The fraction of sp³-hybridized carbons (Fsp3) is 0.391. The molecule has 0 saturated carbocycles. The zero-order valence-corrected chi connectivity index (χ0v) is 18.4. The molecule has 1 N–H and O–H groups in total. The molecular weight excluding hydrogens is 435 g/mol. The smallest absolute Gasteiger partial charge is 0.162 e. The fourth-order valence-corrected chi connectivity index (χ4v) is 4.49. The van der Waals surface area contributed by atoms with Crippen molar-refractivity contribution in [2.24, 2.45) is 0 Å². The summed E-state index contributed by atoms with van der Waals surface area (Å²) in [6, 6.07) is 8.12. The van der Waals surface area contributed by atoms with Gasteiger partial charge in [-0.2, -0.15) is 0 Å². The summed E-state index contributed by atoms with van der Waals surface area (Å²) in [6.07, 6.45) is 4.47. The van der Waals surface area contributed by atoms with Gasteiger partial charge in [0.25, 0.3) is 0 Å². The van der Waals surface area contributed by atoms with Crippen LogP contribution in [0, 0.1) is 5.82 Å². The standard InChI is InChI=1S/C23H24ClFN4O3/c1-30-21-10-20-17(23(27-13-26-20)28-14-2-5-19(25)18(24)8-14)9-22(21)31-7-6-29-11-15-3-4-16(12-29)32-15/h2,5,8-10,13,15-16H,3-4,6-7,11-12H2,1H3,(H,26,27,28)/t15-,16+. The molecule has 32 heavy (non-hydrogen) atoms. The second-order valence-corrected chi connectivity index (χ2v) is 8.47. The van der Waals surface area contributed by atoms with E-state index in [4.69, 9.17) is 25.8 Å². The van der Waals surface area contributed by atoms with Crippen LogP contribution in [0.2, 0.25) is 5.02 Å². The number of morpholine rings is 1. The van der Waals surface area contributed by atoms with Crippen molar-refractivity contribution < 1.29 is 18.6 Å². The zero-order chi connectivity index (χ0) is 22.1. The molecule has 2 fully saturated rings. The maximum Gasteiger partial charge on any atom is 0.162 e. The second-order valence-electron chi connectivity index (χ2n) is 8.06. The molecule has 2 atom stereocenters. The van der Waals surface area contributed by atoms with Crippen LogP contribution < -0.4 is 14.8 Å². The maximum absolute atomic E-state index is 13.5. The van der Waals surface area contributed by atoms with E-state index < -0.39 is 5.82 Å². The van der Waals surface area contributed by atoms with Gasteiger partial charge in [0, 0.05) is 36.8 Å². The Bertz CT molecular complexity index is 1120. The number of hydrogen-bond donors (Lipinski definition) is 1. The summed E-state index contributed by atoms with van der Waals surface area (Å²) in [4.78, 5) is 11.1. The Morgan fingerprint density at radius 1 is 1.16 bits per heavy atom. The third-order valence-corrected chi connectivity index (χ3v) is 6.18. The van der Waals surface area contributed by atoms with Crippen LogP contribution >= 0.6 is 11.6 Å². The van der Waals surface area contributed by atoms with Gasteiger partial charge in [0.1, 0.15) is 24.6 Å². The first-order chi connectivity index (χ1) is 15.6. The lowest BCUT2D eigenvalue weighted by molar-refractivity contribution is -0.0409. The third-order valence-electron chi connectivity index (χ3n) is 5.89. The minimum atomic E-state index is -0.474. The number of anilines is 2. The molecule has 2 saturated heterocycles. The minimum Gasteiger partial charge on any atom is -0.493 e. The van der Waals surface area contributed by atoms with Crippen LogP contribution in [0.1, 0.15) is 12.8 Å². The van der Waals surface area contributed by atoms with Gasteiger partial charge in [-0.3, -0.25) is 4.90 Å². The lowest BCUT2D eigenvalue weighted by Gasteiger charge is -2.31. The number of likely N-dealkylation sites (tertiary alicyclic amines) is 1. The van der Waals surface area contributed by atoms with Crippen molar-refractivity contribution in [3.8, 4) is 11.5 Å². The molecule has 0 amide bonds. The molecule has 2 aromatic carbocycles. The lowest BCUT2D eigenvalue weighted by Crippen LogP contribution is -2.44. The maximum atomic E-state index is 13.5. The summed E-state index contributed by atoms with van der Waals surface area (Å²) in [5, 5.41) is 3.98. The minimum absolute atomic E-state index is 0.0376. The van der Waals surface area contributed by atoms with Crippen LogP contribution in [0.15, 0.2) is 36.7 Å². The summed E-state index contributed by atoms with van der Waals surface area (Å²) < 4.78 is 31.0. The number of nitrogens with zero attached hydrogens (tertiary/aromatic N) is 3. The van der Waals surface area contributed by atoms with Gasteiger partial charge in [-0.1, -0.05) is 11.6 Å². The molecule has 0 aliphatic carbocycles. The van der Waals surface area contributed by atoms with E-state index in [0.29, 0.717) is 47.3 Å². The van der Waals surface area contributed by atoms with E-state index in [0.717, 1.165) is 37.9 Å². The van der Waals surface area contributed by atoms with Crippen molar-refractivity contribution in [3.05, 3.63) is 47.5 Å². The van der Waals surface area contributed by atoms with Crippen LogP contribution in [0.25, 0.3) is 10.9 Å². The number of fused-ring (bicyclic) bond motifs is 3. The molecule has 0 unspecified atom stereocenters. The van der Waals surface area contributed by atoms with Crippen molar-refractivity contribution in [3.63, 3.8) is 0 Å². The summed E-state index contributed by atoms with van der Waals surface area (Å²) in [5.74, 6) is 1.31. The van der Waals surface area contributed by atoms with Gasteiger partial charge < -0.3 is 19.5 Å². The molecule has 1 aromatic heterocycles. The van der Waals surface area contributed by atoms with Crippen molar-refractivity contribution in [2.75, 3.05) is 38.7 Å². The molecule has 0 spiro atoms. The average molecular weight is 459 g/mol. The van der Waals surface area contributed by atoms with Crippen molar-refractivity contribution in [1.29, 1.82) is 0 Å². The molecule has 7 nitrogen and oxygen atoms in total. The first-order valence-corrected chi connectivity index (χ1v) is 11.0. The van der Waals surface area contributed by atoms with E-state index in [9.17, 15) is 4.39 Å². The van der Waals surface area contributed by atoms with E-state index in [-0.39, 0.29) is 5.02 Å². The second kappa shape index (κ2) is 9.05. The van der Waals surface area contributed by atoms with Crippen LogP contribution in [0.3, 0.4) is 0 Å². The SMILES string of the molecule is COc1cc2ncnc(Nc3ccc(F)c(Cl)c3)c2cc1OCCN1C[C@H]2CC[C@@H](C1)O2. The molecule has 168 valence electrons. The summed E-state index contributed by atoms with van der Waals surface area (Å²) in [6.45, 7) is 3.26. The van der Waals surface area contributed by atoms with Crippen LogP contribution in [-0.4, -0.2) is 60.4 Å². The van der Waals surface area contributed by atoms with Gasteiger partial charge in [-0.15, -0.1) is 0 Å². The normalized spacial score (nSPS) is 20.5. The number of halogens is 2. The molecule has 3 aromatic rings. The van der Waals surface area contributed by atoms with Crippen molar-refractivity contribution in [1.82, 2.24) is 14.9 Å². The number of methoxy groups -OCH3 is 1. The average Bonchev–Trinajstić information content (AvgIpc) is 3.14. The number of rotatable bonds is 7. The van der Waals surface area contributed by atoms with Gasteiger partial charge >= 0.3 is 0 Å². The van der Waals surface area contributed by atoms with E-state index in [1.54, 1.807) is 13.2 Å². The topological polar surface area (TPSA) is 68.7 Å². The Morgan fingerprint density at radius 3 is 2.72 bits per heavy atom. The Morgan fingerprint density at radius 2 is 1.97 bits per heavy atom. The first kappa shape index (κ1) is 21.2. The Kier molecular flexibility index (Phi) is 5.99. The van der Waals surface area contributed by atoms with Gasteiger partial charge in [0.15, 0.2) is 11.5 Å². The molecule has 2 aliphatic rings. The Balaban J connectivity index is 1.35. The van der Waals surface area contributed by atoms with Gasteiger partial charge in [-0.25, -0.2) is 14.4 Å². The fourth-order valence-electron chi connectivity index (χ4n) is 4.31. The number of hydrogen-bond acceptors (Lipinski definition) is 7. The zero-order valence-electron chi connectivity index (χ0n) is 17.7. The molecule has 2 aliphatic heterocycles. The highest BCUT2D eigenvalue weighted by Crippen LogP contribution is 2.35. The predicted molar refractivity (Wildman–Crippen MR) is 121 cm³/mol. The highest BCUT2D eigenvalue weighted by Gasteiger charge is 2.33. The van der Waals surface area contributed by atoms with Crippen LogP contribution in [0.5, 0.6) is 11.5 Å². The van der Waals surface area contributed by atoms with Crippen molar-refractivity contribution in [2.45, 2.75) is 25.0 Å². The third kappa shape index (κ3) is 4.44. The predicted octanol–water partition coefficient (Wildman–Crippen LogP) is 4.42. The highest BCUT2D eigenvalue weighted by atomic mass is 35.5. The van der Waals surface area contributed by atoms with Gasteiger partial charge in [-0.05, 0) is 37.1 Å². The van der Waals surface area contributed by atoms with Crippen LogP contribution in [-0.2, 0) is 4.74 Å². The largest absolute Gasteiger partial charge is 0.493 e. The highest BCUT2D eigenvalue weighted by molar-refractivity contribution is 6.31. The Hall–Kier alpha value is -2.68. The number of aromatic nitrogens is 2.